The van der Waals surface area contributed by atoms with Crippen LogP contribution in [0.15, 0.2) is 229 Å². The third kappa shape index (κ3) is 6.00. The van der Waals surface area contributed by atoms with Crippen molar-refractivity contribution in [2.24, 2.45) is 0 Å². The molecule has 0 aliphatic heterocycles. The van der Waals surface area contributed by atoms with Crippen LogP contribution >= 0.6 is 0 Å². The first-order valence-electron chi connectivity index (χ1n) is 19.8. The number of hydrogen-bond acceptors (Lipinski definition) is 2. The fraction of sp³-hybridized carbons (Fsp3) is 0. The van der Waals surface area contributed by atoms with Gasteiger partial charge in [-0.05, 0) is 126 Å². The molecule has 0 saturated heterocycles. The van der Waals surface area contributed by atoms with Gasteiger partial charge in [0, 0.05) is 28.0 Å². The van der Waals surface area contributed by atoms with E-state index >= 15 is 0 Å². The van der Waals surface area contributed by atoms with Gasteiger partial charge in [0.2, 0.25) is 0 Å². The summed E-state index contributed by atoms with van der Waals surface area (Å²) >= 11 is 0. The van der Waals surface area contributed by atoms with Crippen molar-refractivity contribution in [3.8, 4) is 44.7 Å². The number of para-hydroxylation sites is 1. The van der Waals surface area contributed by atoms with Crippen molar-refractivity contribution in [1.29, 1.82) is 0 Å². The first kappa shape index (κ1) is 33.6. The van der Waals surface area contributed by atoms with Crippen LogP contribution in [0.2, 0.25) is 0 Å². The van der Waals surface area contributed by atoms with Crippen LogP contribution in [0.1, 0.15) is 0 Å². The highest BCUT2D eigenvalue weighted by Gasteiger charge is 2.17. The topological polar surface area (TPSA) is 16.4 Å². The number of nitrogens with zero attached hydrogens (tertiary/aromatic N) is 1. The van der Waals surface area contributed by atoms with Crippen LogP contribution in [-0.4, -0.2) is 0 Å². The SMILES string of the molecule is c1ccc(-c2ccc(-c3ccc(N(c4ccc(-c5cc6ccccc6c6ccccc56)cc4)c4ccc5ccccc5c4)cc3)cc2-c2cc3ccccc3o2)cc1. The van der Waals surface area contributed by atoms with E-state index in [-0.39, 0.29) is 0 Å². The third-order valence-electron chi connectivity index (χ3n) is 11.4. The van der Waals surface area contributed by atoms with E-state index < -0.39 is 0 Å². The lowest BCUT2D eigenvalue weighted by Gasteiger charge is -2.26. The Balaban J connectivity index is 1.00. The molecule has 0 bridgehead atoms. The third-order valence-corrected chi connectivity index (χ3v) is 11.4. The van der Waals surface area contributed by atoms with Crippen LogP contribution < -0.4 is 4.90 Å². The maximum atomic E-state index is 6.46. The van der Waals surface area contributed by atoms with Crippen molar-refractivity contribution in [3.63, 3.8) is 0 Å². The average molecular weight is 740 g/mol. The average Bonchev–Trinajstić information content (AvgIpc) is 3.74. The van der Waals surface area contributed by atoms with Gasteiger partial charge in [0.1, 0.15) is 11.3 Å². The summed E-state index contributed by atoms with van der Waals surface area (Å²) < 4.78 is 6.46. The minimum atomic E-state index is 0.862. The summed E-state index contributed by atoms with van der Waals surface area (Å²) in [7, 11) is 0. The fourth-order valence-electron chi connectivity index (χ4n) is 8.56. The monoisotopic (exact) mass is 739 g/mol. The number of furan rings is 1. The van der Waals surface area contributed by atoms with Crippen molar-refractivity contribution in [1.82, 2.24) is 0 Å². The summed E-state index contributed by atoms with van der Waals surface area (Å²) in [5.74, 6) is 0.862. The van der Waals surface area contributed by atoms with E-state index in [4.69, 9.17) is 4.42 Å². The van der Waals surface area contributed by atoms with Gasteiger partial charge in [0.25, 0.3) is 0 Å². The van der Waals surface area contributed by atoms with E-state index in [1.165, 1.54) is 43.4 Å². The van der Waals surface area contributed by atoms with Gasteiger partial charge in [-0.15, -0.1) is 0 Å². The van der Waals surface area contributed by atoms with Crippen LogP contribution in [0.25, 0.3) is 88.0 Å². The van der Waals surface area contributed by atoms with Crippen LogP contribution in [0.4, 0.5) is 17.1 Å². The molecular formula is C56H37NO. The van der Waals surface area contributed by atoms with Gasteiger partial charge in [-0.25, -0.2) is 0 Å². The number of hydrogen-bond donors (Lipinski definition) is 0. The number of rotatable bonds is 7. The van der Waals surface area contributed by atoms with Crippen molar-refractivity contribution < 1.29 is 4.42 Å². The smallest absolute Gasteiger partial charge is 0.136 e. The molecule has 11 aromatic rings. The Kier molecular flexibility index (Phi) is 8.19. The molecule has 0 N–H and O–H groups in total. The molecule has 11 rings (SSSR count). The van der Waals surface area contributed by atoms with Crippen molar-refractivity contribution in [2.75, 3.05) is 4.90 Å². The van der Waals surface area contributed by atoms with Crippen LogP contribution in [0.5, 0.6) is 0 Å². The van der Waals surface area contributed by atoms with Gasteiger partial charge < -0.3 is 9.32 Å². The predicted molar refractivity (Wildman–Crippen MR) is 245 cm³/mol. The molecule has 0 fully saturated rings. The lowest BCUT2D eigenvalue weighted by Crippen LogP contribution is -2.09. The Morgan fingerprint density at radius 1 is 0.276 bits per heavy atom. The first-order valence-corrected chi connectivity index (χ1v) is 19.8. The summed E-state index contributed by atoms with van der Waals surface area (Å²) in [6.45, 7) is 0. The van der Waals surface area contributed by atoms with Gasteiger partial charge in [0.15, 0.2) is 0 Å². The van der Waals surface area contributed by atoms with Gasteiger partial charge >= 0.3 is 0 Å². The molecular weight excluding hydrogens is 703 g/mol. The van der Waals surface area contributed by atoms with Gasteiger partial charge in [-0.2, -0.15) is 0 Å². The standard InChI is InChI=1S/C56H37NO/c1-2-13-40(14-3-1)50-33-27-43(35-54(50)56-37-45-17-7-11-21-55(45)58-56)39-22-28-46(29-23-39)57(48-32-24-38-12-4-5-15-42(38)34-48)47-30-25-41(26-31-47)53-36-44-16-6-8-18-49(44)51-19-9-10-20-52(51)53/h1-37H. The highest BCUT2D eigenvalue weighted by molar-refractivity contribution is 6.13. The lowest BCUT2D eigenvalue weighted by molar-refractivity contribution is 0.632. The highest BCUT2D eigenvalue weighted by Crippen LogP contribution is 2.42. The highest BCUT2D eigenvalue weighted by atomic mass is 16.3. The summed E-state index contributed by atoms with van der Waals surface area (Å²) in [6.07, 6.45) is 0. The van der Waals surface area contributed by atoms with E-state index in [9.17, 15) is 0 Å². The minimum absolute atomic E-state index is 0.862. The predicted octanol–water partition coefficient (Wildman–Crippen LogP) is 16.0. The molecule has 0 atom stereocenters. The second-order valence-corrected chi connectivity index (χ2v) is 14.9. The van der Waals surface area contributed by atoms with Crippen molar-refractivity contribution >= 4 is 60.3 Å². The van der Waals surface area contributed by atoms with E-state index in [0.717, 1.165) is 61.6 Å². The van der Waals surface area contributed by atoms with E-state index in [2.05, 4.69) is 217 Å². The maximum absolute atomic E-state index is 6.46. The van der Waals surface area contributed by atoms with Crippen molar-refractivity contribution in [2.45, 2.75) is 0 Å². The Hall–Kier alpha value is -7.68. The Morgan fingerprint density at radius 3 is 1.60 bits per heavy atom. The molecule has 272 valence electrons. The van der Waals surface area contributed by atoms with Crippen LogP contribution in [0.3, 0.4) is 0 Å². The summed E-state index contributed by atoms with van der Waals surface area (Å²) in [6, 6.07) is 80.7. The lowest BCUT2D eigenvalue weighted by atomic mass is 9.93. The molecule has 0 unspecified atom stereocenters. The zero-order valence-corrected chi connectivity index (χ0v) is 31.7. The fourth-order valence-corrected chi connectivity index (χ4v) is 8.56. The molecule has 2 heteroatoms. The van der Waals surface area contributed by atoms with Gasteiger partial charge in [-0.3, -0.25) is 0 Å². The Labute approximate surface area is 337 Å². The molecule has 0 spiro atoms. The zero-order chi connectivity index (χ0) is 38.4. The molecule has 10 aromatic carbocycles. The molecule has 0 saturated carbocycles. The zero-order valence-electron chi connectivity index (χ0n) is 31.7. The van der Waals surface area contributed by atoms with Gasteiger partial charge in [-0.1, -0.05) is 164 Å². The minimum Gasteiger partial charge on any atom is -0.456 e. The molecule has 1 aromatic heterocycles. The number of fused-ring (bicyclic) bond motifs is 5. The Bertz CT molecular complexity index is 3240. The second kappa shape index (κ2) is 14.1. The number of anilines is 3. The normalized spacial score (nSPS) is 11.4. The molecule has 0 aliphatic rings. The quantitative estimate of drug-likeness (QED) is 0.151. The van der Waals surface area contributed by atoms with E-state index in [0.29, 0.717) is 0 Å². The van der Waals surface area contributed by atoms with Crippen LogP contribution in [-0.2, 0) is 0 Å². The molecule has 0 amide bonds. The van der Waals surface area contributed by atoms with Crippen molar-refractivity contribution in [3.05, 3.63) is 224 Å². The largest absolute Gasteiger partial charge is 0.456 e. The van der Waals surface area contributed by atoms with Gasteiger partial charge in [0.05, 0.1) is 0 Å². The molecule has 58 heavy (non-hydrogen) atoms. The molecule has 0 aliphatic carbocycles. The second-order valence-electron chi connectivity index (χ2n) is 14.9. The Morgan fingerprint density at radius 2 is 0.845 bits per heavy atom. The molecule has 1 heterocycles. The van der Waals surface area contributed by atoms with Crippen LogP contribution in [0, 0.1) is 0 Å². The van der Waals surface area contributed by atoms with E-state index in [1.807, 2.05) is 12.1 Å². The molecule has 0 radical (unpaired) electrons. The number of benzene rings is 10. The summed E-state index contributed by atoms with van der Waals surface area (Å²) in [5.41, 5.74) is 12.2. The van der Waals surface area contributed by atoms with E-state index in [1.54, 1.807) is 0 Å². The molecule has 2 nitrogen and oxygen atoms in total. The maximum Gasteiger partial charge on any atom is 0.136 e. The first-order chi connectivity index (χ1) is 28.7. The summed E-state index contributed by atoms with van der Waals surface area (Å²) in [4.78, 5) is 2.36. The summed E-state index contributed by atoms with van der Waals surface area (Å²) in [5, 5.41) is 8.59.